The number of aromatic nitrogens is 3. The number of fused-ring (bicyclic) bond motifs is 1. The number of anilines is 2. The van der Waals surface area contributed by atoms with Gasteiger partial charge in [0.15, 0.2) is 11.5 Å². The fourth-order valence-corrected chi connectivity index (χ4v) is 4.73. The molecule has 1 atom stereocenters. The maximum absolute atomic E-state index is 13.8. The first-order chi connectivity index (χ1) is 19.4. The standard InChI is InChI=1S/C30H31N5O5/c1-18-7-6-8-20(13-18)16-40-25-11-9-21(14-26(25)39-5)28-27(19(2)33-30-31-17-32-35(28)30)29(36)34-23-15-22(37-3)10-12-24(23)38-4/h6-15,17,28H,16H2,1-5H3,(H,34,36)(H,31,32,33). The van der Waals surface area contributed by atoms with Gasteiger partial charge in [-0.2, -0.15) is 10.1 Å². The second-order valence-corrected chi connectivity index (χ2v) is 9.30. The van der Waals surface area contributed by atoms with Crippen molar-refractivity contribution < 1.29 is 23.7 Å². The topological polar surface area (TPSA) is 109 Å². The second kappa shape index (κ2) is 11.4. The molecule has 2 N–H and O–H groups in total. The number of carbonyl (C=O) groups excluding carboxylic acids is 1. The van der Waals surface area contributed by atoms with Gasteiger partial charge in [-0.1, -0.05) is 35.9 Å². The highest BCUT2D eigenvalue weighted by atomic mass is 16.5. The van der Waals surface area contributed by atoms with E-state index in [4.69, 9.17) is 18.9 Å². The van der Waals surface area contributed by atoms with E-state index >= 15 is 0 Å². The van der Waals surface area contributed by atoms with Crippen LogP contribution >= 0.6 is 0 Å². The molecule has 1 amide bonds. The minimum absolute atomic E-state index is 0.332. The maximum Gasteiger partial charge on any atom is 0.255 e. The van der Waals surface area contributed by atoms with Crippen LogP contribution in [0.5, 0.6) is 23.0 Å². The molecule has 1 aromatic heterocycles. The lowest BCUT2D eigenvalue weighted by molar-refractivity contribution is -0.113. The van der Waals surface area contributed by atoms with E-state index in [0.717, 1.165) is 16.7 Å². The number of benzene rings is 3. The number of aryl methyl sites for hydroxylation is 1. The number of carbonyl (C=O) groups is 1. The summed E-state index contributed by atoms with van der Waals surface area (Å²) in [4.78, 5) is 18.2. The Morgan fingerprint density at radius 2 is 1.75 bits per heavy atom. The summed E-state index contributed by atoms with van der Waals surface area (Å²) >= 11 is 0. The van der Waals surface area contributed by atoms with Crippen molar-refractivity contribution in [2.24, 2.45) is 0 Å². The predicted molar refractivity (Wildman–Crippen MR) is 151 cm³/mol. The molecular weight excluding hydrogens is 510 g/mol. The normalized spacial score (nSPS) is 14.2. The summed E-state index contributed by atoms with van der Waals surface area (Å²) in [7, 11) is 4.70. The van der Waals surface area contributed by atoms with Crippen LogP contribution in [-0.2, 0) is 11.4 Å². The van der Waals surface area contributed by atoms with Crippen molar-refractivity contribution in [1.29, 1.82) is 0 Å². The Labute approximate surface area is 232 Å². The lowest BCUT2D eigenvalue weighted by Gasteiger charge is -2.29. The van der Waals surface area contributed by atoms with Gasteiger partial charge in [-0.05, 0) is 49.2 Å². The lowest BCUT2D eigenvalue weighted by atomic mass is 9.94. The first-order valence-electron chi connectivity index (χ1n) is 12.7. The number of methoxy groups -OCH3 is 3. The molecule has 0 aliphatic carbocycles. The quantitative estimate of drug-likeness (QED) is 0.301. The molecule has 0 spiro atoms. The fourth-order valence-electron chi connectivity index (χ4n) is 4.73. The highest BCUT2D eigenvalue weighted by Crippen LogP contribution is 2.39. The Kier molecular flexibility index (Phi) is 7.59. The Bertz CT molecular complexity index is 1580. The Balaban J connectivity index is 1.49. The van der Waals surface area contributed by atoms with Gasteiger partial charge in [0.25, 0.3) is 5.91 Å². The van der Waals surface area contributed by atoms with Gasteiger partial charge in [0.1, 0.15) is 30.5 Å². The molecule has 10 nitrogen and oxygen atoms in total. The molecule has 0 bridgehead atoms. The van der Waals surface area contributed by atoms with Gasteiger partial charge >= 0.3 is 0 Å². The largest absolute Gasteiger partial charge is 0.497 e. The first kappa shape index (κ1) is 26.6. The van der Waals surface area contributed by atoms with Crippen molar-refractivity contribution >= 4 is 17.5 Å². The van der Waals surface area contributed by atoms with E-state index in [-0.39, 0.29) is 5.91 Å². The monoisotopic (exact) mass is 541 g/mol. The third kappa shape index (κ3) is 5.28. The van der Waals surface area contributed by atoms with E-state index in [2.05, 4.69) is 26.8 Å². The molecule has 5 rings (SSSR count). The number of nitrogens with zero attached hydrogens (tertiary/aromatic N) is 3. The van der Waals surface area contributed by atoms with Gasteiger partial charge in [0.05, 0.1) is 32.6 Å². The maximum atomic E-state index is 13.8. The molecule has 4 aromatic rings. The Morgan fingerprint density at radius 1 is 0.950 bits per heavy atom. The minimum Gasteiger partial charge on any atom is -0.497 e. The van der Waals surface area contributed by atoms with Crippen LogP contribution < -0.4 is 29.6 Å². The van der Waals surface area contributed by atoms with Crippen molar-refractivity contribution in [3.63, 3.8) is 0 Å². The summed E-state index contributed by atoms with van der Waals surface area (Å²) in [5.74, 6) is 2.42. The number of nitrogens with one attached hydrogen (secondary N) is 2. The molecule has 0 saturated heterocycles. The Hall–Kier alpha value is -4.99. The fraction of sp³-hybridized carbons (Fsp3) is 0.233. The molecule has 0 fully saturated rings. The van der Waals surface area contributed by atoms with E-state index < -0.39 is 6.04 Å². The highest BCUT2D eigenvalue weighted by Gasteiger charge is 2.34. The number of amides is 1. The number of ether oxygens (including phenoxy) is 4. The van der Waals surface area contributed by atoms with Crippen LogP contribution in [-0.4, -0.2) is 42.0 Å². The minimum atomic E-state index is -0.588. The van der Waals surface area contributed by atoms with Gasteiger partial charge in [0, 0.05) is 11.8 Å². The van der Waals surface area contributed by atoms with E-state index in [1.807, 2.05) is 50.2 Å². The summed E-state index contributed by atoms with van der Waals surface area (Å²) in [6, 6.07) is 18.4. The zero-order valence-electron chi connectivity index (χ0n) is 23.0. The molecule has 0 saturated carbocycles. The van der Waals surface area contributed by atoms with Crippen LogP contribution in [0, 0.1) is 6.92 Å². The molecule has 1 aliphatic heterocycles. The highest BCUT2D eigenvalue weighted by molar-refractivity contribution is 6.06. The molecule has 206 valence electrons. The van der Waals surface area contributed by atoms with E-state index in [0.29, 0.717) is 52.5 Å². The average Bonchev–Trinajstić information content (AvgIpc) is 3.43. The zero-order chi connectivity index (χ0) is 28.2. The number of rotatable bonds is 9. The van der Waals surface area contributed by atoms with Gasteiger partial charge < -0.3 is 29.6 Å². The summed E-state index contributed by atoms with van der Waals surface area (Å²) in [5.41, 5.74) is 4.57. The van der Waals surface area contributed by atoms with Crippen molar-refractivity contribution in [3.8, 4) is 23.0 Å². The second-order valence-electron chi connectivity index (χ2n) is 9.30. The Morgan fingerprint density at radius 3 is 2.50 bits per heavy atom. The molecule has 1 unspecified atom stereocenters. The number of hydrogen-bond acceptors (Lipinski definition) is 8. The van der Waals surface area contributed by atoms with Crippen molar-refractivity contribution in [1.82, 2.24) is 14.8 Å². The van der Waals surface area contributed by atoms with Crippen LogP contribution in [0.15, 0.2) is 78.3 Å². The molecule has 40 heavy (non-hydrogen) atoms. The van der Waals surface area contributed by atoms with Crippen LogP contribution in [0.3, 0.4) is 0 Å². The van der Waals surface area contributed by atoms with Crippen LogP contribution in [0.25, 0.3) is 0 Å². The van der Waals surface area contributed by atoms with E-state index in [1.165, 1.54) is 6.33 Å². The zero-order valence-corrected chi connectivity index (χ0v) is 23.0. The van der Waals surface area contributed by atoms with Crippen molar-refractivity contribution in [3.05, 3.63) is 95.0 Å². The molecule has 0 radical (unpaired) electrons. The average molecular weight is 542 g/mol. The summed E-state index contributed by atoms with van der Waals surface area (Å²) in [5, 5.41) is 10.6. The van der Waals surface area contributed by atoms with Gasteiger partial charge in [-0.3, -0.25) is 4.79 Å². The predicted octanol–water partition coefficient (Wildman–Crippen LogP) is 5.12. The van der Waals surface area contributed by atoms with Gasteiger partial charge in [-0.15, -0.1) is 0 Å². The van der Waals surface area contributed by atoms with Crippen LogP contribution in [0.4, 0.5) is 11.6 Å². The molecule has 1 aliphatic rings. The third-order valence-electron chi connectivity index (χ3n) is 6.67. The summed E-state index contributed by atoms with van der Waals surface area (Å²) in [6.07, 6.45) is 1.45. The van der Waals surface area contributed by atoms with Crippen molar-refractivity contribution in [2.45, 2.75) is 26.5 Å². The van der Waals surface area contributed by atoms with Crippen molar-refractivity contribution in [2.75, 3.05) is 32.0 Å². The summed E-state index contributed by atoms with van der Waals surface area (Å²) in [6.45, 7) is 4.27. The summed E-state index contributed by atoms with van der Waals surface area (Å²) < 4.78 is 24.3. The smallest absolute Gasteiger partial charge is 0.255 e. The molecule has 2 heterocycles. The lowest BCUT2D eigenvalue weighted by Crippen LogP contribution is -2.31. The molecule has 3 aromatic carbocycles. The van der Waals surface area contributed by atoms with E-state index in [1.54, 1.807) is 44.2 Å². The van der Waals surface area contributed by atoms with Gasteiger partial charge in [-0.25, -0.2) is 4.68 Å². The van der Waals surface area contributed by atoms with Crippen LogP contribution in [0.1, 0.15) is 29.7 Å². The SMILES string of the molecule is COc1ccc(OC)c(NC(=O)C2=C(C)Nc3ncnn3C2c2ccc(OCc3cccc(C)c3)c(OC)c2)c1. The van der Waals surface area contributed by atoms with Gasteiger partial charge in [0.2, 0.25) is 5.95 Å². The third-order valence-corrected chi connectivity index (χ3v) is 6.67. The number of hydrogen-bond donors (Lipinski definition) is 2. The van der Waals surface area contributed by atoms with E-state index in [9.17, 15) is 4.79 Å². The van der Waals surface area contributed by atoms with Crippen LogP contribution in [0.2, 0.25) is 0 Å². The molecule has 10 heteroatoms. The number of allylic oxidation sites excluding steroid dienone is 1. The molecular formula is C30H31N5O5. The first-order valence-corrected chi connectivity index (χ1v) is 12.7.